The van der Waals surface area contributed by atoms with Crippen LogP contribution in [-0.2, 0) is 18.0 Å². The molecule has 9 nitrogen and oxygen atoms in total. The predicted molar refractivity (Wildman–Crippen MR) is 157 cm³/mol. The fraction of sp³-hybridized carbons (Fsp3) is 0.345. The number of anilines is 3. The van der Waals surface area contributed by atoms with Gasteiger partial charge in [-0.25, -0.2) is 9.97 Å². The Morgan fingerprint density at radius 2 is 1.79 bits per heavy atom. The van der Waals surface area contributed by atoms with Crippen LogP contribution in [0.15, 0.2) is 54.7 Å². The molecule has 0 atom stereocenters. The molecule has 0 bridgehead atoms. The summed E-state index contributed by atoms with van der Waals surface area (Å²) in [7, 11) is 1.74. The summed E-state index contributed by atoms with van der Waals surface area (Å²) < 4.78 is 47.3. The van der Waals surface area contributed by atoms with Gasteiger partial charge in [-0.15, -0.1) is 0 Å². The Balaban J connectivity index is 1.24. The fourth-order valence-corrected chi connectivity index (χ4v) is 4.94. The third-order valence-electron chi connectivity index (χ3n) is 7.13. The van der Waals surface area contributed by atoms with E-state index in [1.807, 2.05) is 0 Å². The molecule has 2 N–H and O–H groups in total. The predicted octanol–water partition coefficient (Wildman–Crippen LogP) is 6.14. The molecular formula is C29H31ClF3N7O2. The van der Waals surface area contributed by atoms with Crippen LogP contribution in [0, 0.1) is 0 Å². The van der Waals surface area contributed by atoms with E-state index in [2.05, 4.69) is 44.2 Å². The SMILES string of the molecule is CC(C)N1CCN(CC(=O)Nc2cc(Oc3ccc4c(c3)nc(Nc3cc(C(F)(F)F)ccc3Cl)n4C)ccn2)CC1. The molecule has 13 heteroatoms. The number of rotatable bonds is 8. The maximum atomic E-state index is 13.2. The summed E-state index contributed by atoms with van der Waals surface area (Å²) in [6.45, 7) is 8.18. The minimum Gasteiger partial charge on any atom is -0.457 e. The number of piperazine rings is 1. The Kier molecular flexibility index (Phi) is 8.58. The molecule has 1 aliphatic heterocycles. The van der Waals surface area contributed by atoms with Crippen molar-refractivity contribution in [1.29, 1.82) is 0 Å². The van der Waals surface area contributed by atoms with Crippen molar-refractivity contribution in [3.63, 3.8) is 0 Å². The van der Waals surface area contributed by atoms with Crippen molar-refractivity contribution in [2.45, 2.75) is 26.1 Å². The Hall–Kier alpha value is -3.87. The highest BCUT2D eigenvalue weighted by Crippen LogP contribution is 2.35. The van der Waals surface area contributed by atoms with Gasteiger partial charge in [0.1, 0.15) is 17.3 Å². The highest BCUT2D eigenvalue weighted by molar-refractivity contribution is 6.33. The molecule has 1 amide bonds. The lowest BCUT2D eigenvalue weighted by Gasteiger charge is -2.36. The van der Waals surface area contributed by atoms with E-state index in [0.29, 0.717) is 34.8 Å². The molecular weight excluding hydrogens is 571 g/mol. The molecule has 1 fully saturated rings. The standard InChI is InChI=1S/C29H31ClF3N7O2/c1-18(2)40-12-10-39(11-13-40)17-27(41)37-26-16-21(8-9-34-26)42-20-5-7-25-24(15-20)36-28(38(25)3)35-23-14-19(29(31,32)33)4-6-22(23)30/h4-9,14-16,18H,10-13,17H2,1-3H3,(H,35,36)(H,34,37,41). The van der Waals surface area contributed by atoms with E-state index < -0.39 is 11.7 Å². The van der Waals surface area contributed by atoms with Crippen molar-refractivity contribution in [2.75, 3.05) is 43.4 Å². The van der Waals surface area contributed by atoms with Gasteiger partial charge < -0.3 is 19.9 Å². The van der Waals surface area contributed by atoms with Crippen molar-refractivity contribution in [2.24, 2.45) is 7.05 Å². The van der Waals surface area contributed by atoms with E-state index in [-0.39, 0.29) is 23.2 Å². The number of aryl methyl sites for hydroxylation is 1. The molecule has 1 aliphatic rings. The van der Waals surface area contributed by atoms with Crippen LogP contribution in [0.2, 0.25) is 5.02 Å². The first-order chi connectivity index (χ1) is 20.0. The minimum absolute atomic E-state index is 0.0885. The summed E-state index contributed by atoms with van der Waals surface area (Å²) in [6.07, 6.45) is -2.95. The number of pyridine rings is 1. The van der Waals surface area contributed by atoms with Gasteiger partial charge in [0.25, 0.3) is 0 Å². The maximum Gasteiger partial charge on any atom is 0.416 e. The summed E-state index contributed by atoms with van der Waals surface area (Å²) in [4.78, 5) is 25.9. The van der Waals surface area contributed by atoms with Crippen LogP contribution in [-0.4, -0.2) is 69.0 Å². The molecule has 4 aromatic rings. The van der Waals surface area contributed by atoms with E-state index in [9.17, 15) is 18.0 Å². The van der Waals surface area contributed by atoms with Crippen LogP contribution in [0.3, 0.4) is 0 Å². The first-order valence-electron chi connectivity index (χ1n) is 13.5. The van der Waals surface area contributed by atoms with Crippen LogP contribution in [0.1, 0.15) is 19.4 Å². The van der Waals surface area contributed by atoms with E-state index >= 15 is 0 Å². The van der Waals surface area contributed by atoms with Crippen molar-refractivity contribution in [1.82, 2.24) is 24.3 Å². The molecule has 222 valence electrons. The molecule has 42 heavy (non-hydrogen) atoms. The molecule has 0 unspecified atom stereocenters. The Morgan fingerprint density at radius 3 is 2.50 bits per heavy atom. The first-order valence-corrected chi connectivity index (χ1v) is 13.8. The van der Waals surface area contributed by atoms with Crippen LogP contribution in [0.5, 0.6) is 11.5 Å². The van der Waals surface area contributed by atoms with E-state index in [1.54, 1.807) is 48.1 Å². The van der Waals surface area contributed by atoms with E-state index in [0.717, 1.165) is 43.8 Å². The van der Waals surface area contributed by atoms with E-state index in [1.165, 1.54) is 6.07 Å². The molecule has 0 aliphatic carbocycles. The topological polar surface area (TPSA) is 87.5 Å². The monoisotopic (exact) mass is 601 g/mol. The number of benzene rings is 2. The van der Waals surface area contributed by atoms with E-state index in [4.69, 9.17) is 16.3 Å². The quantitative estimate of drug-likeness (QED) is 0.251. The van der Waals surface area contributed by atoms with Gasteiger partial charge >= 0.3 is 6.18 Å². The number of alkyl halides is 3. The van der Waals surface area contributed by atoms with Crippen LogP contribution in [0.4, 0.5) is 30.6 Å². The molecule has 0 spiro atoms. The summed E-state index contributed by atoms with van der Waals surface area (Å²) in [6, 6.07) is 12.1. The second-order valence-corrected chi connectivity index (χ2v) is 10.8. The molecule has 0 saturated carbocycles. The highest BCUT2D eigenvalue weighted by Gasteiger charge is 2.31. The fourth-order valence-electron chi connectivity index (χ4n) is 4.78. The number of hydrogen-bond donors (Lipinski definition) is 2. The lowest BCUT2D eigenvalue weighted by molar-refractivity contribution is -0.137. The number of imidazole rings is 1. The number of carbonyl (C=O) groups excluding carboxylic acids is 1. The summed E-state index contributed by atoms with van der Waals surface area (Å²) >= 11 is 6.15. The highest BCUT2D eigenvalue weighted by atomic mass is 35.5. The number of carbonyl (C=O) groups is 1. The Morgan fingerprint density at radius 1 is 1.05 bits per heavy atom. The zero-order chi connectivity index (χ0) is 30.0. The van der Waals surface area contributed by atoms with Crippen molar-refractivity contribution in [3.8, 4) is 11.5 Å². The van der Waals surface area contributed by atoms with Crippen LogP contribution in [0.25, 0.3) is 11.0 Å². The lowest BCUT2D eigenvalue weighted by Crippen LogP contribution is -2.50. The third kappa shape index (κ3) is 6.94. The number of hydrogen-bond acceptors (Lipinski definition) is 7. The minimum atomic E-state index is -4.50. The number of halogens is 4. The molecule has 2 aromatic heterocycles. The number of fused-ring (bicyclic) bond motifs is 1. The molecule has 1 saturated heterocycles. The summed E-state index contributed by atoms with van der Waals surface area (Å²) in [5.41, 5.74) is 0.553. The molecule has 0 radical (unpaired) electrons. The largest absolute Gasteiger partial charge is 0.457 e. The van der Waals surface area contributed by atoms with Gasteiger partial charge in [0.15, 0.2) is 0 Å². The second-order valence-electron chi connectivity index (χ2n) is 10.4. The van der Waals surface area contributed by atoms with Crippen molar-refractivity contribution in [3.05, 3.63) is 65.3 Å². The zero-order valence-electron chi connectivity index (χ0n) is 23.4. The van der Waals surface area contributed by atoms with Crippen LogP contribution < -0.4 is 15.4 Å². The van der Waals surface area contributed by atoms with Gasteiger partial charge in [0.2, 0.25) is 11.9 Å². The maximum absolute atomic E-state index is 13.2. The van der Waals surface area contributed by atoms with Gasteiger partial charge in [-0.05, 0) is 50.2 Å². The number of ether oxygens (including phenoxy) is 1. The number of nitrogens with zero attached hydrogens (tertiary/aromatic N) is 5. The second kappa shape index (κ2) is 12.2. The van der Waals surface area contributed by atoms with Crippen molar-refractivity contribution < 1.29 is 22.7 Å². The number of amides is 1. The lowest BCUT2D eigenvalue weighted by atomic mass is 10.2. The average molecular weight is 602 g/mol. The Bertz CT molecular complexity index is 1580. The first kappa shape index (κ1) is 29.6. The number of nitrogens with one attached hydrogen (secondary N) is 2. The van der Waals surface area contributed by atoms with Crippen LogP contribution >= 0.6 is 11.6 Å². The zero-order valence-corrected chi connectivity index (χ0v) is 24.1. The molecule has 5 rings (SSSR count). The normalized spacial score (nSPS) is 14.9. The summed E-state index contributed by atoms with van der Waals surface area (Å²) in [5.74, 6) is 1.49. The average Bonchev–Trinajstić information content (AvgIpc) is 3.23. The molecule has 2 aromatic carbocycles. The molecule has 3 heterocycles. The summed E-state index contributed by atoms with van der Waals surface area (Å²) in [5, 5.41) is 5.87. The Labute approximate surface area is 246 Å². The smallest absolute Gasteiger partial charge is 0.416 e. The van der Waals surface area contributed by atoms with Gasteiger partial charge in [0, 0.05) is 57.6 Å². The van der Waals surface area contributed by atoms with Gasteiger partial charge in [-0.2, -0.15) is 13.2 Å². The number of aromatic nitrogens is 3. The third-order valence-corrected chi connectivity index (χ3v) is 7.46. The van der Waals surface area contributed by atoms with Gasteiger partial charge in [-0.1, -0.05) is 11.6 Å². The van der Waals surface area contributed by atoms with Gasteiger partial charge in [0.05, 0.1) is 33.9 Å². The van der Waals surface area contributed by atoms with Gasteiger partial charge in [-0.3, -0.25) is 14.6 Å². The van der Waals surface area contributed by atoms with Crippen molar-refractivity contribution >= 4 is 46.0 Å².